The largest absolute Gasteiger partial charge is 0.484 e. The summed E-state index contributed by atoms with van der Waals surface area (Å²) in [6, 6.07) is 18.1. The normalized spacial score (nSPS) is 19.9. The van der Waals surface area contributed by atoms with Crippen molar-refractivity contribution in [3.63, 3.8) is 0 Å². The van der Waals surface area contributed by atoms with Gasteiger partial charge in [0.2, 0.25) is 0 Å². The highest BCUT2D eigenvalue weighted by molar-refractivity contribution is 5.36. The van der Waals surface area contributed by atoms with Crippen molar-refractivity contribution >= 4 is 0 Å². The van der Waals surface area contributed by atoms with Crippen molar-refractivity contribution in [3.8, 4) is 5.75 Å². The number of ether oxygens (including phenoxy) is 1. The molecule has 0 bridgehead atoms. The molecule has 5 rings (SSSR count). The van der Waals surface area contributed by atoms with Gasteiger partial charge >= 0.3 is 6.18 Å². The molecule has 0 aliphatic carbocycles. The van der Waals surface area contributed by atoms with E-state index in [4.69, 9.17) is 4.74 Å². The van der Waals surface area contributed by atoms with Crippen LogP contribution in [0.1, 0.15) is 41.3 Å². The Bertz CT molecular complexity index is 1050. The minimum atomic E-state index is -4.30. The summed E-state index contributed by atoms with van der Waals surface area (Å²) in [4.78, 5) is 2.25. The van der Waals surface area contributed by atoms with E-state index in [0.29, 0.717) is 18.0 Å². The van der Waals surface area contributed by atoms with Gasteiger partial charge in [-0.05, 0) is 55.8 Å². The third-order valence-corrected chi connectivity index (χ3v) is 6.44. The van der Waals surface area contributed by atoms with Gasteiger partial charge in [0.25, 0.3) is 0 Å². The fraction of sp³-hybridized carbons (Fsp3) is 0.360. The monoisotopic (exact) mass is 426 g/mol. The van der Waals surface area contributed by atoms with Gasteiger partial charge in [-0.3, -0.25) is 4.90 Å². The van der Waals surface area contributed by atoms with Crippen molar-refractivity contribution in [2.75, 3.05) is 13.1 Å². The van der Waals surface area contributed by atoms with Gasteiger partial charge in [0.15, 0.2) is 0 Å². The molecule has 0 radical (unpaired) electrons. The molecule has 3 heterocycles. The number of piperidine rings is 1. The number of halogens is 3. The highest BCUT2D eigenvalue weighted by Gasteiger charge is 2.34. The Morgan fingerprint density at radius 3 is 2.55 bits per heavy atom. The Kier molecular flexibility index (Phi) is 5.26. The molecule has 2 aromatic carbocycles. The van der Waals surface area contributed by atoms with Crippen LogP contribution in [0.5, 0.6) is 5.75 Å². The molecule has 3 nitrogen and oxygen atoms in total. The van der Waals surface area contributed by atoms with Gasteiger partial charge in [0.05, 0.1) is 17.8 Å². The van der Waals surface area contributed by atoms with E-state index in [9.17, 15) is 13.2 Å². The van der Waals surface area contributed by atoms with E-state index in [1.165, 1.54) is 23.4 Å². The summed E-state index contributed by atoms with van der Waals surface area (Å²) in [6.45, 7) is 3.05. The Morgan fingerprint density at radius 1 is 0.935 bits per heavy atom. The van der Waals surface area contributed by atoms with E-state index in [1.807, 2.05) is 18.2 Å². The predicted octanol–water partition coefficient (Wildman–Crippen LogP) is 5.90. The summed E-state index contributed by atoms with van der Waals surface area (Å²) in [6.07, 6.45) is -0.287. The van der Waals surface area contributed by atoms with Crippen molar-refractivity contribution in [2.24, 2.45) is 5.92 Å². The van der Waals surface area contributed by atoms with Crippen LogP contribution in [0.4, 0.5) is 13.2 Å². The van der Waals surface area contributed by atoms with Crippen LogP contribution in [0.2, 0.25) is 0 Å². The average Bonchev–Trinajstić information content (AvgIpc) is 3.15. The molecule has 0 amide bonds. The first-order chi connectivity index (χ1) is 15.0. The second kappa shape index (κ2) is 8.08. The molecular formula is C25H25F3N2O. The van der Waals surface area contributed by atoms with E-state index in [0.717, 1.165) is 44.3 Å². The number of alkyl halides is 3. The Labute approximate surface area is 180 Å². The number of benzene rings is 2. The summed E-state index contributed by atoms with van der Waals surface area (Å²) in [5, 5.41) is 0. The van der Waals surface area contributed by atoms with Crippen molar-refractivity contribution in [1.29, 1.82) is 0 Å². The van der Waals surface area contributed by atoms with E-state index in [1.54, 1.807) is 6.07 Å². The van der Waals surface area contributed by atoms with Crippen LogP contribution in [0.3, 0.4) is 0 Å². The molecule has 1 saturated heterocycles. The molecule has 0 saturated carbocycles. The number of hydrogen-bond donors (Lipinski definition) is 0. The number of likely N-dealkylation sites (tertiary alicyclic amines) is 1. The maximum absolute atomic E-state index is 13.0. The summed E-state index contributed by atoms with van der Waals surface area (Å²) in [5.74, 6) is 1.32. The lowest BCUT2D eigenvalue weighted by atomic mass is 9.89. The fourth-order valence-electron chi connectivity index (χ4n) is 4.82. The van der Waals surface area contributed by atoms with Crippen LogP contribution in [-0.2, 0) is 19.3 Å². The Morgan fingerprint density at radius 2 is 1.74 bits per heavy atom. The molecule has 31 heavy (non-hydrogen) atoms. The molecule has 2 aliphatic rings. The Hall–Kier alpha value is -2.73. The zero-order valence-electron chi connectivity index (χ0n) is 17.2. The predicted molar refractivity (Wildman–Crippen MR) is 113 cm³/mol. The molecule has 2 aliphatic heterocycles. The summed E-state index contributed by atoms with van der Waals surface area (Å²) >= 11 is 0. The second-order valence-electron chi connectivity index (χ2n) is 8.52. The zero-order chi connectivity index (χ0) is 21.4. The van der Waals surface area contributed by atoms with Crippen molar-refractivity contribution in [1.82, 2.24) is 9.47 Å². The summed E-state index contributed by atoms with van der Waals surface area (Å²) in [5.41, 5.74) is 2.52. The number of hydrogen-bond acceptors (Lipinski definition) is 2. The van der Waals surface area contributed by atoms with Gasteiger partial charge in [-0.1, -0.05) is 36.4 Å². The lowest BCUT2D eigenvalue weighted by Gasteiger charge is -2.36. The van der Waals surface area contributed by atoms with Gasteiger partial charge in [0.1, 0.15) is 11.9 Å². The second-order valence-corrected chi connectivity index (χ2v) is 8.52. The zero-order valence-corrected chi connectivity index (χ0v) is 17.2. The lowest BCUT2D eigenvalue weighted by molar-refractivity contribution is -0.137. The summed E-state index contributed by atoms with van der Waals surface area (Å²) < 4.78 is 47.8. The first-order valence-corrected chi connectivity index (χ1v) is 10.8. The minimum Gasteiger partial charge on any atom is -0.484 e. The molecule has 6 heteroatoms. The number of fused-ring (bicyclic) bond motifs is 2. The van der Waals surface area contributed by atoms with Crippen molar-refractivity contribution in [2.45, 2.75) is 38.2 Å². The smallest absolute Gasteiger partial charge is 0.416 e. The van der Waals surface area contributed by atoms with Gasteiger partial charge in [0, 0.05) is 24.2 Å². The number of nitrogens with zero attached hydrogens (tertiary/aromatic N) is 2. The van der Waals surface area contributed by atoms with Crippen LogP contribution in [0, 0.1) is 5.92 Å². The van der Waals surface area contributed by atoms with Crippen molar-refractivity contribution in [3.05, 3.63) is 89.2 Å². The average molecular weight is 426 g/mol. The van der Waals surface area contributed by atoms with E-state index >= 15 is 0 Å². The topological polar surface area (TPSA) is 17.4 Å². The van der Waals surface area contributed by atoms with Crippen LogP contribution >= 0.6 is 0 Å². The SMILES string of the molecule is FC(F)(F)c1cccc(CN2CCC(C3Oc4ccccc4Cn4cccc43)CC2)c1. The van der Waals surface area contributed by atoms with Crippen molar-refractivity contribution < 1.29 is 17.9 Å². The first kappa shape index (κ1) is 20.2. The van der Waals surface area contributed by atoms with Crippen LogP contribution < -0.4 is 4.74 Å². The third-order valence-electron chi connectivity index (χ3n) is 6.44. The number of aromatic nitrogens is 1. The van der Waals surface area contributed by atoms with Crippen LogP contribution in [0.15, 0.2) is 66.9 Å². The highest BCUT2D eigenvalue weighted by atomic mass is 19.4. The van der Waals surface area contributed by atoms with Crippen LogP contribution in [-0.4, -0.2) is 22.6 Å². The molecule has 1 unspecified atom stereocenters. The quantitative estimate of drug-likeness (QED) is 0.519. The molecule has 162 valence electrons. The maximum Gasteiger partial charge on any atom is 0.416 e. The molecule has 3 aromatic rings. The maximum atomic E-state index is 13.0. The van der Waals surface area contributed by atoms with E-state index in [2.05, 4.69) is 33.9 Å². The number of rotatable bonds is 3. The molecule has 1 aromatic heterocycles. The number of para-hydroxylation sites is 1. The van der Waals surface area contributed by atoms with E-state index < -0.39 is 11.7 Å². The first-order valence-electron chi connectivity index (χ1n) is 10.8. The van der Waals surface area contributed by atoms with E-state index in [-0.39, 0.29) is 6.10 Å². The highest BCUT2D eigenvalue weighted by Crippen LogP contribution is 2.39. The van der Waals surface area contributed by atoms with Gasteiger partial charge in [-0.25, -0.2) is 0 Å². The summed E-state index contributed by atoms with van der Waals surface area (Å²) in [7, 11) is 0. The fourth-order valence-corrected chi connectivity index (χ4v) is 4.82. The minimum absolute atomic E-state index is 0.00522. The van der Waals surface area contributed by atoms with Crippen LogP contribution in [0.25, 0.3) is 0 Å². The third kappa shape index (κ3) is 4.22. The Balaban J connectivity index is 1.28. The van der Waals surface area contributed by atoms with Gasteiger partial charge in [-0.15, -0.1) is 0 Å². The molecule has 1 fully saturated rings. The standard InChI is InChI=1S/C25H25F3N2O/c26-25(27,28)21-7-3-5-18(15-21)16-29-13-10-19(11-14-29)24-22-8-4-12-30(22)17-20-6-1-2-9-23(20)31-24/h1-9,12,15,19,24H,10-11,13-14,16-17H2. The molecule has 1 atom stereocenters. The van der Waals surface area contributed by atoms with Gasteiger partial charge in [-0.2, -0.15) is 13.2 Å². The molecule has 0 N–H and O–H groups in total. The lowest BCUT2D eigenvalue weighted by Crippen LogP contribution is -2.36. The van der Waals surface area contributed by atoms with Gasteiger partial charge < -0.3 is 9.30 Å². The molecule has 0 spiro atoms. The molecular weight excluding hydrogens is 401 g/mol.